The van der Waals surface area contributed by atoms with Crippen molar-refractivity contribution >= 4 is 11.3 Å². The van der Waals surface area contributed by atoms with Crippen LogP contribution in [0, 0.1) is 5.92 Å². The quantitative estimate of drug-likeness (QED) is 0.751. The van der Waals surface area contributed by atoms with Crippen LogP contribution in [0.2, 0.25) is 0 Å². The molecule has 1 heterocycles. The lowest BCUT2D eigenvalue weighted by molar-refractivity contribution is 0.0975. The predicted octanol–water partition coefficient (Wildman–Crippen LogP) is 2.43. The van der Waals surface area contributed by atoms with E-state index in [2.05, 4.69) is 19.2 Å². The summed E-state index contributed by atoms with van der Waals surface area (Å²) < 4.78 is 5.44. The first-order chi connectivity index (χ1) is 8.15. The van der Waals surface area contributed by atoms with Crippen molar-refractivity contribution in [2.45, 2.75) is 32.9 Å². The Morgan fingerprint density at radius 2 is 2.24 bits per heavy atom. The molecular weight excluding hydrogens is 234 g/mol. The minimum Gasteiger partial charge on any atom is -0.386 e. The van der Waals surface area contributed by atoms with Gasteiger partial charge in [0.05, 0.1) is 6.61 Å². The summed E-state index contributed by atoms with van der Waals surface area (Å²) in [6.07, 6.45) is -0.419. The summed E-state index contributed by atoms with van der Waals surface area (Å²) >= 11 is 1.59. The van der Waals surface area contributed by atoms with Crippen molar-refractivity contribution < 1.29 is 9.84 Å². The number of ether oxygens (including phenoxy) is 1. The Morgan fingerprint density at radius 3 is 2.76 bits per heavy atom. The van der Waals surface area contributed by atoms with E-state index >= 15 is 0 Å². The Morgan fingerprint density at radius 1 is 1.47 bits per heavy atom. The number of nitrogens with one attached hydrogen (secondary N) is 1. The lowest BCUT2D eigenvalue weighted by atomic mass is 10.1. The predicted molar refractivity (Wildman–Crippen MR) is 72.4 cm³/mol. The van der Waals surface area contributed by atoms with Crippen LogP contribution in [-0.4, -0.2) is 30.9 Å². The maximum atomic E-state index is 9.97. The van der Waals surface area contributed by atoms with Crippen molar-refractivity contribution in [3.05, 3.63) is 22.4 Å². The molecule has 0 aliphatic rings. The fourth-order valence-corrected chi connectivity index (χ4v) is 2.29. The lowest BCUT2D eigenvalue weighted by Crippen LogP contribution is -2.40. The molecule has 4 heteroatoms. The summed E-state index contributed by atoms with van der Waals surface area (Å²) in [5, 5.41) is 15.3. The lowest BCUT2D eigenvalue weighted by Gasteiger charge is -2.23. The van der Waals surface area contributed by atoms with Crippen LogP contribution in [0.5, 0.6) is 0 Å². The average Bonchev–Trinajstić information content (AvgIpc) is 2.81. The van der Waals surface area contributed by atoms with Gasteiger partial charge in [-0.3, -0.25) is 0 Å². The molecule has 0 aliphatic heterocycles. The summed E-state index contributed by atoms with van der Waals surface area (Å²) in [6.45, 7) is 8.33. The monoisotopic (exact) mass is 257 g/mol. The van der Waals surface area contributed by atoms with Crippen molar-refractivity contribution in [1.29, 1.82) is 0 Å². The van der Waals surface area contributed by atoms with Gasteiger partial charge in [0, 0.05) is 24.1 Å². The molecule has 0 saturated heterocycles. The molecule has 0 fully saturated rings. The van der Waals surface area contributed by atoms with Crippen molar-refractivity contribution in [3.63, 3.8) is 0 Å². The molecule has 2 atom stereocenters. The Bertz CT molecular complexity index is 288. The van der Waals surface area contributed by atoms with E-state index in [1.54, 1.807) is 11.3 Å². The fourth-order valence-electron chi connectivity index (χ4n) is 1.58. The van der Waals surface area contributed by atoms with Gasteiger partial charge in [-0.25, -0.2) is 0 Å². The smallest absolute Gasteiger partial charge is 0.101 e. The van der Waals surface area contributed by atoms with Gasteiger partial charge in [-0.2, -0.15) is 0 Å². The number of thiophene rings is 1. The molecule has 0 aromatic carbocycles. The van der Waals surface area contributed by atoms with Crippen LogP contribution >= 0.6 is 11.3 Å². The molecule has 0 spiro atoms. The highest BCUT2D eigenvalue weighted by Gasteiger charge is 2.15. The zero-order valence-electron chi connectivity index (χ0n) is 10.8. The average molecular weight is 257 g/mol. The second-order valence-corrected chi connectivity index (χ2v) is 5.43. The van der Waals surface area contributed by atoms with E-state index in [0.29, 0.717) is 25.1 Å². The van der Waals surface area contributed by atoms with Gasteiger partial charge in [0.1, 0.15) is 6.10 Å². The highest BCUT2D eigenvalue weighted by molar-refractivity contribution is 7.10. The number of hydrogen-bond donors (Lipinski definition) is 2. The summed E-state index contributed by atoms with van der Waals surface area (Å²) in [5.41, 5.74) is 0. The topological polar surface area (TPSA) is 41.5 Å². The SMILES string of the molecule is CCOCC(NCC(O)c1cccs1)C(C)C. The third-order valence-corrected chi connectivity index (χ3v) is 3.72. The van der Waals surface area contributed by atoms with Crippen LogP contribution < -0.4 is 5.32 Å². The molecule has 2 unspecified atom stereocenters. The second-order valence-electron chi connectivity index (χ2n) is 4.45. The third kappa shape index (κ3) is 5.17. The first-order valence-corrected chi connectivity index (χ1v) is 7.05. The number of aliphatic hydroxyl groups excluding tert-OH is 1. The van der Waals surface area contributed by atoms with Gasteiger partial charge >= 0.3 is 0 Å². The molecule has 0 saturated carbocycles. The Balaban J connectivity index is 2.35. The van der Waals surface area contributed by atoms with Crippen molar-refractivity contribution in [2.75, 3.05) is 19.8 Å². The Kier molecular flexibility index (Phi) is 6.73. The molecule has 17 heavy (non-hydrogen) atoms. The number of hydrogen-bond acceptors (Lipinski definition) is 4. The molecule has 98 valence electrons. The maximum absolute atomic E-state index is 9.97. The molecule has 1 aromatic heterocycles. The summed E-state index contributed by atoms with van der Waals surface area (Å²) in [7, 11) is 0. The molecule has 0 radical (unpaired) electrons. The standard InChI is InChI=1S/C13H23NO2S/c1-4-16-9-11(10(2)3)14-8-12(15)13-6-5-7-17-13/h5-7,10-12,14-15H,4,8-9H2,1-3H3. The minimum absolute atomic E-state index is 0.296. The minimum atomic E-state index is -0.419. The van der Waals surface area contributed by atoms with Gasteiger partial charge in [0.15, 0.2) is 0 Å². The van der Waals surface area contributed by atoms with Crippen LogP contribution in [0.15, 0.2) is 17.5 Å². The molecule has 1 rings (SSSR count). The van der Waals surface area contributed by atoms with E-state index in [9.17, 15) is 5.11 Å². The van der Waals surface area contributed by atoms with E-state index < -0.39 is 6.10 Å². The number of rotatable bonds is 8. The van der Waals surface area contributed by atoms with Crippen LogP contribution in [0.1, 0.15) is 31.8 Å². The molecule has 2 N–H and O–H groups in total. The molecule has 0 aliphatic carbocycles. The first-order valence-electron chi connectivity index (χ1n) is 6.17. The van der Waals surface area contributed by atoms with E-state index in [1.807, 2.05) is 24.4 Å². The van der Waals surface area contributed by atoms with Crippen LogP contribution in [0.25, 0.3) is 0 Å². The van der Waals surface area contributed by atoms with E-state index in [1.165, 1.54) is 0 Å². The van der Waals surface area contributed by atoms with Gasteiger partial charge in [-0.05, 0) is 24.3 Å². The van der Waals surface area contributed by atoms with Gasteiger partial charge in [-0.1, -0.05) is 19.9 Å². The third-order valence-electron chi connectivity index (χ3n) is 2.75. The largest absolute Gasteiger partial charge is 0.386 e. The van der Waals surface area contributed by atoms with Crippen LogP contribution in [0.4, 0.5) is 0 Å². The van der Waals surface area contributed by atoms with Crippen LogP contribution in [0.3, 0.4) is 0 Å². The Labute approximate surface area is 108 Å². The van der Waals surface area contributed by atoms with E-state index in [0.717, 1.165) is 11.5 Å². The summed E-state index contributed by atoms with van der Waals surface area (Å²) in [6, 6.07) is 4.22. The fraction of sp³-hybridized carbons (Fsp3) is 0.692. The highest BCUT2D eigenvalue weighted by atomic mass is 32.1. The summed E-state index contributed by atoms with van der Waals surface area (Å²) in [4.78, 5) is 1.01. The summed E-state index contributed by atoms with van der Waals surface area (Å²) in [5.74, 6) is 0.497. The highest BCUT2D eigenvalue weighted by Crippen LogP contribution is 2.18. The van der Waals surface area contributed by atoms with Crippen molar-refractivity contribution in [1.82, 2.24) is 5.32 Å². The van der Waals surface area contributed by atoms with Crippen molar-refractivity contribution in [2.24, 2.45) is 5.92 Å². The van der Waals surface area contributed by atoms with Crippen molar-refractivity contribution in [3.8, 4) is 0 Å². The van der Waals surface area contributed by atoms with E-state index in [-0.39, 0.29) is 0 Å². The van der Waals surface area contributed by atoms with Crippen LogP contribution in [-0.2, 0) is 4.74 Å². The molecular formula is C13H23NO2S. The van der Waals surface area contributed by atoms with Gasteiger partial charge in [0.2, 0.25) is 0 Å². The molecule has 0 amide bonds. The van der Waals surface area contributed by atoms with Gasteiger partial charge in [0.25, 0.3) is 0 Å². The first kappa shape index (κ1) is 14.6. The maximum Gasteiger partial charge on any atom is 0.101 e. The number of aliphatic hydroxyl groups is 1. The Hall–Kier alpha value is -0.420. The normalized spacial score (nSPS) is 15.1. The second kappa shape index (κ2) is 7.82. The molecule has 1 aromatic rings. The van der Waals surface area contributed by atoms with Gasteiger partial charge in [-0.15, -0.1) is 11.3 Å². The molecule has 0 bridgehead atoms. The zero-order chi connectivity index (χ0) is 12.7. The van der Waals surface area contributed by atoms with E-state index in [4.69, 9.17) is 4.74 Å². The molecule has 3 nitrogen and oxygen atoms in total. The van der Waals surface area contributed by atoms with Gasteiger partial charge < -0.3 is 15.2 Å². The zero-order valence-corrected chi connectivity index (χ0v) is 11.7.